The summed E-state index contributed by atoms with van der Waals surface area (Å²) in [7, 11) is 0. The van der Waals surface area contributed by atoms with Crippen LogP contribution in [-0.2, 0) is 13.1 Å². The third kappa shape index (κ3) is 4.38. The van der Waals surface area contributed by atoms with Crippen molar-refractivity contribution in [2.45, 2.75) is 40.3 Å². The number of hydrogen-bond acceptors (Lipinski definition) is 2. The third-order valence-electron chi connectivity index (χ3n) is 4.51. The van der Waals surface area contributed by atoms with Crippen LogP contribution in [0.5, 0.6) is 0 Å². The Labute approximate surface area is 163 Å². The van der Waals surface area contributed by atoms with Crippen molar-refractivity contribution in [3.05, 3.63) is 65.5 Å². The van der Waals surface area contributed by atoms with E-state index in [9.17, 15) is 13.6 Å². The van der Waals surface area contributed by atoms with Crippen molar-refractivity contribution in [2.24, 2.45) is 5.92 Å². The highest BCUT2D eigenvalue weighted by Crippen LogP contribution is 2.21. The fourth-order valence-corrected chi connectivity index (χ4v) is 3.38. The number of fused-ring (bicyclic) bond motifs is 1. The molecule has 0 aliphatic rings. The largest absolute Gasteiger partial charge is 0.331 e. The summed E-state index contributed by atoms with van der Waals surface area (Å²) in [6.07, 6.45) is 0.887. The smallest absolute Gasteiger partial charge is 0.254 e. The van der Waals surface area contributed by atoms with Crippen molar-refractivity contribution in [2.75, 3.05) is 6.54 Å². The van der Waals surface area contributed by atoms with E-state index in [1.54, 1.807) is 17.0 Å². The maximum atomic E-state index is 13.6. The number of hydrogen-bond donors (Lipinski definition) is 0. The van der Waals surface area contributed by atoms with Crippen molar-refractivity contribution in [3.8, 4) is 0 Å². The molecule has 3 rings (SSSR count). The Hall–Kier alpha value is -2.76. The van der Waals surface area contributed by atoms with Gasteiger partial charge in [-0.1, -0.05) is 26.8 Å². The van der Waals surface area contributed by atoms with Gasteiger partial charge in [-0.25, -0.2) is 13.8 Å². The molecule has 1 aromatic heterocycles. The van der Waals surface area contributed by atoms with Crippen LogP contribution in [0.4, 0.5) is 8.78 Å². The van der Waals surface area contributed by atoms with Gasteiger partial charge in [0.25, 0.3) is 5.91 Å². The number of nitrogens with zero attached hydrogens (tertiary/aromatic N) is 3. The average Bonchev–Trinajstić information content (AvgIpc) is 2.97. The van der Waals surface area contributed by atoms with Crippen molar-refractivity contribution < 1.29 is 13.6 Å². The van der Waals surface area contributed by atoms with Crippen molar-refractivity contribution in [1.29, 1.82) is 0 Å². The van der Waals surface area contributed by atoms with Crippen LogP contribution in [0.2, 0.25) is 0 Å². The molecule has 3 aromatic rings. The summed E-state index contributed by atoms with van der Waals surface area (Å²) in [6.45, 7) is 7.62. The monoisotopic (exact) mass is 385 g/mol. The van der Waals surface area contributed by atoms with Crippen LogP contribution in [-0.4, -0.2) is 26.9 Å². The van der Waals surface area contributed by atoms with Crippen LogP contribution in [0.15, 0.2) is 42.5 Å². The highest BCUT2D eigenvalue weighted by atomic mass is 19.1. The molecule has 1 heterocycles. The van der Waals surface area contributed by atoms with Crippen LogP contribution in [0, 0.1) is 17.6 Å². The van der Waals surface area contributed by atoms with Gasteiger partial charge in [0.2, 0.25) is 0 Å². The fraction of sp³-hybridized carbons (Fsp3) is 0.364. The minimum Gasteiger partial charge on any atom is -0.331 e. The first kappa shape index (κ1) is 20.0. The summed E-state index contributed by atoms with van der Waals surface area (Å²) < 4.78 is 29.3. The zero-order valence-corrected chi connectivity index (χ0v) is 16.5. The Morgan fingerprint density at radius 1 is 1.14 bits per heavy atom. The molecule has 0 radical (unpaired) electrons. The van der Waals surface area contributed by atoms with Crippen molar-refractivity contribution >= 4 is 16.9 Å². The van der Waals surface area contributed by atoms with E-state index in [2.05, 4.69) is 11.9 Å². The predicted molar refractivity (Wildman–Crippen MR) is 106 cm³/mol. The summed E-state index contributed by atoms with van der Waals surface area (Å²) in [5.74, 6) is -0.0830. The first-order chi connectivity index (χ1) is 13.4. The Morgan fingerprint density at radius 2 is 1.89 bits per heavy atom. The lowest BCUT2D eigenvalue weighted by molar-refractivity contribution is 0.0715. The second-order valence-corrected chi connectivity index (χ2v) is 7.40. The molecule has 0 saturated carbocycles. The van der Waals surface area contributed by atoms with E-state index < -0.39 is 5.82 Å². The van der Waals surface area contributed by atoms with E-state index in [4.69, 9.17) is 0 Å². The Kier molecular flexibility index (Phi) is 6.07. The minimum atomic E-state index is -0.441. The summed E-state index contributed by atoms with van der Waals surface area (Å²) >= 11 is 0. The standard InChI is InChI=1S/C22H25F2N3O/c1-4-10-27-20-9-8-18(24)12-19(20)25-21(27)14-26(13-15(2)3)22(28)16-6-5-7-17(23)11-16/h5-9,11-12,15H,4,10,13-14H2,1-3H3. The fourth-order valence-electron chi connectivity index (χ4n) is 3.38. The maximum Gasteiger partial charge on any atom is 0.254 e. The first-order valence-corrected chi connectivity index (χ1v) is 9.58. The van der Waals surface area contributed by atoms with Gasteiger partial charge < -0.3 is 9.47 Å². The van der Waals surface area contributed by atoms with Crippen molar-refractivity contribution in [1.82, 2.24) is 14.5 Å². The van der Waals surface area contributed by atoms with E-state index in [1.807, 2.05) is 18.4 Å². The van der Waals surface area contributed by atoms with Gasteiger partial charge in [-0.15, -0.1) is 0 Å². The minimum absolute atomic E-state index is 0.235. The molecule has 0 atom stereocenters. The molecule has 0 aliphatic carbocycles. The summed E-state index contributed by atoms with van der Waals surface area (Å²) in [5.41, 5.74) is 1.73. The lowest BCUT2D eigenvalue weighted by atomic mass is 10.1. The van der Waals surface area contributed by atoms with Crippen LogP contribution < -0.4 is 0 Å². The van der Waals surface area contributed by atoms with Gasteiger partial charge in [0.05, 0.1) is 17.6 Å². The quantitative estimate of drug-likeness (QED) is 0.573. The zero-order chi connectivity index (χ0) is 20.3. The molecular formula is C22H25F2N3O. The number of halogens is 2. The second kappa shape index (κ2) is 8.50. The summed E-state index contributed by atoms with van der Waals surface area (Å²) in [5, 5.41) is 0. The van der Waals surface area contributed by atoms with E-state index in [-0.39, 0.29) is 24.2 Å². The molecule has 0 aliphatic heterocycles. The number of carbonyl (C=O) groups is 1. The molecule has 0 fully saturated rings. The number of imidazole rings is 1. The van der Waals surface area contributed by atoms with Crippen LogP contribution in [0.1, 0.15) is 43.4 Å². The third-order valence-corrected chi connectivity index (χ3v) is 4.51. The van der Waals surface area contributed by atoms with E-state index >= 15 is 0 Å². The van der Waals surface area contributed by atoms with E-state index in [1.165, 1.54) is 30.3 Å². The van der Waals surface area contributed by atoms with Gasteiger partial charge in [-0.2, -0.15) is 0 Å². The number of aryl methyl sites for hydroxylation is 1. The van der Waals surface area contributed by atoms with E-state index in [0.29, 0.717) is 23.4 Å². The molecule has 2 aromatic carbocycles. The number of rotatable bonds is 7. The Morgan fingerprint density at radius 3 is 2.57 bits per heavy atom. The van der Waals surface area contributed by atoms with Gasteiger partial charge >= 0.3 is 0 Å². The molecule has 0 unspecified atom stereocenters. The van der Waals surface area contributed by atoms with Crippen LogP contribution in [0.3, 0.4) is 0 Å². The Balaban J connectivity index is 1.98. The predicted octanol–water partition coefficient (Wildman–Crippen LogP) is 5.02. The zero-order valence-electron chi connectivity index (χ0n) is 16.5. The molecule has 4 nitrogen and oxygen atoms in total. The van der Waals surface area contributed by atoms with Gasteiger partial charge in [0, 0.05) is 24.7 Å². The number of aromatic nitrogens is 2. The molecule has 1 amide bonds. The van der Waals surface area contributed by atoms with Crippen LogP contribution in [0.25, 0.3) is 11.0 Å². The molecule has 0 spiro atoms. The lowest BCUT2D eigenvalue weighted by Crippen LogP contribution is -2.34. The van der Waals surface area contributed by atoms with Gasteiger partial charge in [0.1, 0.15) is 17.5 Å². The van der Waals surface area contributed by atoms with Gasteiger partial charge in [-0.3, -0.25) is 4.79 Å². The highest BCUT2D eigenvalue weighted by molar-refractivity contribution is 5.94. The highest BCUT2D eigenvalue weighted by Gasteiger charge is 2.21. The molecular weight excluding hydrogens is 360 g/mol. The molecule has 28 heavy (non-hydrogen) atoms. The van der Waals surface area contributed by atoms with Gasteiger partial charge in [0.15, 0.2) is 0 Å². The molecule has 148 valence electrons. The molecule has 0 saturated heterocycles. The molecule has 0 N–H and O–H groups in total. The number of amides is 1. The number of benzene rings is 2. The number of carbonyl (C=O) groups excluding carboxylic acids is 1. The SMILES string of the molecule is CCCn1c(CN(CC(C)C)C(=O)c2cccc(F)c2)nc2cc(F)ccc21. The lowest BCUT2D eigenvalue weighted by Gasteiger charge is -2.25. The van der Waals surface area contributed by atoms with Crippen LogP contribution >= 0.6 is 0 Å². The molecule has 0 bridgehead atoms. The first-order valence-electron chi connectivity index (χ1n) is 9.58. The normalized spacial score (nSPS) is 11.4. The maximum absolute atomic E-state index is 13.6. The second-order valence-electron chi connectivity index (χ2n) is 7.40. The average molecular weight is 385 g/mol. The topological polar surface area (TPSA) is 38.1 Å². The van der Waals surface area contributed by atoms with Gasteiger partial charge in [-0.05, 0) is 42.7 Å². The Bertz CT molecular complexity index is 981. The summed E-state index contributed by atoms with van der Waals surface area (Å²) in [6, 6.07) is 10.3. The summed E-state index contributed by atoms with van der Waals surface area (Å²) in [4.78, 5) is 19.3. The van der Waals surface area contributed by atoms with E-state index in [0.717, 1.165) is 18.5 Å². The van der Waals surface area contributed by atoms with Crippen molar-refractivity contribution in [3.63, 3.8) is 0 Å². The molecule has 6 heteroatoms.